The van der Waals surface area contributed by atoms with Crippen molar-refractivity contribution < 1.29 is 28.2 Å². The summed E-state index contributed by atoms with van der Waals surface area (Å²) in [5.41, 5.74) is 5.82. The van der Waals surface area contributed by atoms with E-state index in [0.29, 0.717) is 6.61 Å². The molecule has 0 radical (unpaired) electrons. The molecule has 0 saturated carbocycles. The zero-order valence-corrected chi connectivity index (χ0v) is 29.1. The standard InChI is InChI=1S/C35H60N3O7P/c1-2-3-4-5-6-7-8-9-10-11-12-13-14-15-16-20-25-42-26-27-44-46(41,45-30-32-21-18-17-19-22-32)31-43-33(29-39)28-38-24-23-34(36)37-35(38)40/h17-19,21-24,33,39H,2-16,20,25-31H2,1H3,(H2,36,37,40)/t33-,46+/m0/s1. The molecule has 2 rings (SSSR count). The lowest BCUT2D eigenvalue weighted by Crippen LogP contribution is -2.32. The van der Waals surface area contributed by atoms with Crippen molar-refractivity contribution >= 4 is 13.4 Å². The van der Waals surface area contributed by atoms with Crippen LogP contribution in [-0.2, 0) is 36.2 Å². The van der Waals surface area contributed by atoms with E-state index >= 15 is 0 Å². The smallest absolute Gasteiger partial charge is 0.356 e. The number of aromatic nitrogens is 2. The number of ether oxygens (including phenoxy) is 2. The average Bonchev–Trinajstić information content (AvgIpc) is 3.06. The van der Waals surface area contributed by atoms with E-state index in [1.54, 1.807) is 0 Å². The molecule has 2 aromatic rings. The van der Waals surface area contributed by atoms with Gasteiger partial charge in [-0.05, 0) is 18.1 Å². The van der Waals surface area contributed by atoms with E-state index in [1.807, 2.05) is 30.3 Å². The molecule has 1 aromatic carbocycles. The first-order chi connectivity index (χ1) is 22.5. The third-order valence-corrected chi connectivity index (χ3v) is 9.46. The van der Waals surface area contributed by atoms with Crippen LogP contribution in [0.1, 0.15) is 115 Å². The maximum absolute atomic E-state index is 13.6. The number of nitrogens with zero attached hydrogens (tertiary/aromatic N) is 2. The highest BCUT2D eigenvalue weighted by Crippen LogP contribution is 2.49. The quantitative estimate of drug-likeness (QED) is 0.0631. The lowest BCUT2D eigenvalue weighted by Gasteiger charge is -2.22. The molecule has 0 amide bonds. The van der Waals surface area contributed by atoms with Gasteiger partial charge in [0, 0.05) is 12.8 Å². The molecule has 0 aliphatic heterocycles. The van der Waals surface area contributed by atoms with Crippen molar-refractivity contribution in [3.63, 3.8) is 0 Å². The van der Waals surface area contributed by atoms with Crippen LogP contribution >= 0.6 is 7.60 Å². The van der Waals surface area contributed by atoms with Crippen LogP contribution in [0.15, 0.2) is 47.4 Å². The van der Waals surface area contributed by atoms with Gasteiger partial charge in [-0.25, -0.2) is 4.79 Å². The Hall–Kier alpha value is -2.07. The summed E-state index contributed by atoms with van der Waals surface area (Å²) < 4.78 is 37.6. The van der Waals surface area contributed by atoms with Crippen LogP contribution in [-0.4, -0.2) is 53.5 Å². The van der Waals surface area contributed by atoms with E-state index in [9.17, 15) is 14.5 Å². The minimum atomic E-state index is -3.71. The zero-order chi connectivity index (χ0) is 33.1. The van der Waals surface area contributed by atoms with E-state index in [-0.39, 0.29) is 38.5 Å². The van der Waals surface area contributed by atoms with Gasteiger partial charge in [-0.15, -0.1) is 0 Å². The number of benzene rings is 1. The topological polar surface area (TPSA) is 135 Å². The molecule has 2 atom stereocenters. The molecule has 1 heterocycles. The number of unbranched alkanes of at least 4 members (excludes halogenated alkanes) is 15. The zero-order valence-electron chi connectivity index (χ0n) is 28.2. The number of hydrogen-bond donors (Lipinski definition) is 2. The molecule has 11 heteroatoms. The molecule has 10 nitrogen and oxygen atoms in total. The van der Waals surface area contributed by atoms with Gasteiger partial charge in [0.2, 0.25) is 0 Å². The third-order valence-electron chi connectivity index (χ3n) is 7.90. The van der Waals surface area contributed by atoms with Crippen LogP contribution in [0.5, 0.6) is 0 Å². The van der Waals surface area contributed by atoms with E-state index < -0.39 is 26.0 Å². The molecule has 0 saturated heterocycles. The Kier molecular flexibility index (Phi) is 22.6. The summed E-state index contributed by atoms with van der Waals surface area (Å²) in [6.45, 7) is 2.94. The summed E-state index contributed by atoms with van der Waals surface area (Å²) in [4.78, 5) is 15.7. The Morgan fingerprint density at radius 3 is 1.96 bits per heavy atom. The molecule has 0 bridgehead atoms. The second kappa shape index (κ2) is 26.0. The minimum Gasteiger partial charge on any atom is -0.394 e. The predicted octanol–water partition coefficient (Wildman–Crippen LogP) is 7.87. The molecule has 0 aliphatic rings. The van der Waals surface area contributed by atoms with Crippen molar-refractivity contribution in [3.8, 4) is 0 Å². The highest BCUT2D eigenvalue weighted by Gasteiger charge is 2.27. The lowest BCUT2D eigenvalue weighted by molar-refractivity contribution is 0.0112. The summed E-state index contributed by atoms with van der Waals surface area (Å²) >= 11 is 0. The Balaban J connectivity index is 1.58. The van der Waals surface area contributed by atoms with Gasteiger partial charge in [-0.2, -0.15) is 4.98 Å². The highest BCUT2D eigenvalue weighted by molar-refractivity contribution is 7.53. The SMILES string of the molecule is CCCCCCCCCCCCCCCCCCOCCO[P@](=O)(CO[C@H](CO)Cn1ccc(N)nc1=O)OCc1ccccc1. The summed E-state index contributed by atoms with van der Waals surface area (Å²) in [6.07, 6.45) is 21.4. The van der Waals surface area contributed by atoms with Gasteiger partial charge in [-0.3, -0.25) is 9.13 Å². The normalized spacial score (nSPS) is 13.5. The van der Waals surface area contributed by atoms with Gasteiger partial charge in [0.15, 0.2) is 0 Å². The molecule has 0 spiro atoms. The molecule has 0 aliphatic carbocycles. The average molecular weight is 666 g/mol. The second-order valence-corrected chi connectivity index (χ2v) is 14.0. The Morgan fingerprint density at radius 2 is 1.39 bits per heavy atom. The van der Waals surface area contributed by atoms with Crippen molar-refractivity contribution in [1.29, 1.82) is 0 Å². The van der Waals surface area contributed by atoms with Gasteiger partial charge >= 0.3 is 13.3 Å². The van der Waals surface area contributed by atoms with Gasteiger partial charge in [-0.1, -0.05) is 134 Å². The van der Waals surface area contributed by atoms with Crippen molar-refractivity contribution in [2.75, 3.05) is 38.5 Å². The molecule has 0 unspecified atom stereocenters. The molecule has 3 N–H and O–H groups in total. The summed E-state index contributed by atoms with van der Waals surface area (Å²) in [6, 6.07) is 10.8. The fraction of sp³-hybridized carbons (Fsp3) is 0.714. The maximum atomic E-state index is 13.6. The fourth-order valence-corrected chi connectivity index (χ4v) is 6.42. The fourth-order valence-electron chi connectivity index (χ4n) is 5.11. The molecule has 1 aromatic heterocycles. The molecular weight excluding hydrogens is 605 g/mol. The van der Waals surface area contributed by atoms with Crippen molar-refractivity contribution in [1.82, 2.24) is 9.55 Å². The van der Waals surface area contributed by atoms with Gasteiger partial charge in [0.05, 0.1) is 39.1 Å². The van der Waals surface area contributed by atoms with Crippen molar-refractivity contribution in [3.05, 3.63) is 58.6 Å². The van der Waals surface area contributed by atoms with Crippen LogP contribution in [0.3, 0.4) is 0 Å². The van der Waals surface area contributed by atoms with Crippen LogP contribution in [0.2, 0.25) is 0 Å². The van der Waals surface area contributed by atoms with Crippen LogP contribution in [0, 0.1) is 0 Å². The molecule has 262 valence electrons. The Morgan fingerprint density at radius 1 is 0.804 bits per heavy atom. The maximum Gasteiger partial charge on any atom is 0.356 e. The van der Waals surface area contributed by atoms with Crippen molar-refractivity contribution in [2.45, 2.75) is 129 Å². The predicted molar refractivity (Wildman–Crippen MR) is 185 cm³/mol. The Labute approximate surface area is 276 Å². The van der Waals surface area contributed by atoms with E-state index in [1.165, 1.54) is 107 Å². The Bertz CT molecular complexity index is 1120. The molecular formula is C35H60N3O7P. The monoisotopic (exact) mass is 665 g/mol. The molecule has 0 fully saturated rings. The van der Waals surface area contributed by atoms with Crippen LogP contribution < -0.4 is 11.4 Å². The number of aliphatic hydroxyl groups is 1. The molecule has 46 heavy (non-hydrogen) atoms. The largest absolute Gasteiger partial charge is 0.394 e. The van der Waals surface area contributed by atoms with Crippen LogP contribution in [0.4, 0.5) is 5.82 Å². The number of aliphatic hydroxyl groups excluding tert-OH is 1. The van der Waals surface area contributed by atoms with Gasteiger partial charge in [0.1, 0.15) is 12.2 Å². The number of hydrogen-bond acceptors (Lipinski definition) is 9. The number of nitrogen functional groups attached to an aromatic ring is 1. The highest BCUT2D eigenvalue weighted by atomic mass is 31.2. The van der Waals surface area contributed by atoms with E-state index in [0.717, 1.165) is 18.4 Å². The second-order valence-electron chi connectivity index (χ2n) is 12.0. The van der Waals surface area contributed by atoms with Crippen LogP contribution in [0.25, 0.3) is 0 Å². The summed E-state index contributed by atoms with van der Waals surface area (Å²) in [7, 11) is -3.71. The first-order valence-electron chi connectivity index (χ1n) is 17.5. The summed E-state index contributed by atoms with van der Waals surface area (Å²) in [5.74, 6) is 0.104. The number of nitrogens with two attached hydrogens (primary N) is 1. The first kappa shape index (κ1) is 40.1. The third kappa shape index (κ3) is 19.6. The first-order valence-corrected chi connectivity index (χ1v) is 19.2. The van der Waals surface area contributed by atoms with E-state index in [4.69, 9.17) is 24.3 Å². The lowest BCUT2D eigenvalue weighted by atomic mass is 10.0. The van der Waals surface area contributed by atoms with E-state index in [2.05, 4.69) is 11.9 Å². The minimum absolute atomic E-state index is 0.00369. The number of anilines is 1. The van der Waals surface area contributed by atoms with Gasteiger partial charge < -0.3 is 29.4 Å². The van der Waals surface area contributed by atoms with Gasteiger partial charge in [0.25, 0.3) is 0 Å². The summed E-state index contributed by atoms with van der Waals surface area (Å²) in [5, 5.41) is 9.81. The number of rotatable bonds is 30. The van der Waals surface area contributed by atoms with Crippen molar-refractivity contribution in [2.24, 2.45) is 0 Å².